The third kappa shape index (κ3) is 2.53. The van der Waals surface area contributed by atoms with Gasteiger partial charge in [0, 0.05) is 6.04 Å². The standard InChI is InChI=1S/C15H21N5O4/c21-5-9-11(22)12(23)15(24-9)20-7-18-10-13(16-6-17-14(10)20)19-8-3-1-2-4-8/h6-9,11-12,15,21-23H,1-5H2,(H,16,17,19)/t9-,11?,12-,15-/m1/s1. The fraction of sp³-hybridized carbons (Fsp3) is 0.667. The molecule has 1 aliphatic carbocycles. The minimum Gasteiger partial charge on any atom is -0.394 e. The highest BCUT2D eigenvalue weighted by atomic mass is 16.6. The molecule has 3 heterocycles. The van der Waals surface area contributed by atoms with E-state index in [-0.39, 0.29) is 6.61 Å². The van der Waals surface area contributed by atoms with Crippen molar-refractivity contribution in [3.63, 3.8) is 0 Å². The molecule has 0 radical (unpaired) electrons. The van der Waals surface area contributed by atoms with Crippen LogP contribution in [0.15, 0.2) is 12.7 Å². The van der Waals surface area contributed by atoms with Crippen molar-refractivity contribution in [1.82, 2.24) is 19.5 Å². The number of aliphatic hydroxyl groups excluding tert-OH is 3. The minimum atomic E-state index is -1.17. The van der Waals surface area contributed by atoms with Crippen LogP contribution in [0.2, 0.25) is 0 Å². The highest BCUT2D eigenvalue weighted by Gasteiger charge is 2.44. The number of nitrogens with one attached hydrogen (secondary N) is 1. The van der Waals surface area contributed by atoms with Crippen molar-refractivity contribution in [2.24, 2.45) is 0 Å². The molecule has 0 amide bonds. The Hall–Kier alpha value is -1.81. The third-order valence-electron chi connectivity index (χ3n) is 4.85. The summed E-state index contributed by atoms with van der Waals surface area (Å²) in [5.74, 6) is 0.664. The van der Waals surface area contributed by atoms with Gasteiger partial charge in [0.2, 0.25) is 0 Å². The number of ether oxygens (including phenoxy) is 1. The molecular formula is C15H21N5O4. The van der Waals surface area contributed by atoms with Gasteiger partial charge in [0.1, 0.15) is 24.6 Å². The number of imidazole rings is 1. The number of aliphatic hydroxyl groups is 3. The fourth-order valence-electron chi connectivity index (χ4n) is 3.52. The predicted molar refractivity (Wildman–Crippen MR) is 84.2 cm³/mol. The van der Waals surface area contributed by atoms with Crippen LogP contribution in [0.3, 0.4) is 0 Å². The Balaban J connectivity index is 1.65. The lowest BCUT2D eigenvalue weighted by Crippen LogP contribution is -2.33. The van der Waals surface area contributed by atoms with Crippen molar-refractivity contribution in [2.75, 3.05) is 11.9 Å². The number of fused-ring (bicyclic) bond motifs is 1. The van der Waals surface area contributed by atoms with E-state index in [1.54, 1.807) is 4.57 Å². The molecule has 1 aliphatic heterocycles. The van der Waals surface area contributed by atoms with Gasteiger partial charge < -0.3 is 25.4 Å². The molecule has 0 bridgehead atoms. The van der Waals surface area contributed by atoms with E-state index in [0.717, 1.165) is 12.8 Å². The van der Waals surface area contributed by atoms with E-state index in [1.807, 2.05) is 0 Å². The van der Waals surface area contributed by atoms with E-state index in [4.69, 9.17) is 4.74 Å². The number of aromatic nitrogens is 4. The van der Waals surface area contributed by atoms with E-state index in [0.29, 0.717) is 23.0 Å². The van der Waals surface area contributed by atoms with Crippen LogP contribution < -0.4 is 5.32 Å². The Bertz CT molecular complexity index is 717. The molecule has 24 heavy (non-hydrogen) atoms. The van der Waals surface area contributed by atoms with Crippen LogP contribution in [-0.4, -0.2) is 65.8 Å². The summed E-state index contributed by atoms with van der Waals surface area (Å²) in [6, 6.07) is 0.391. The number of rotatable bonds is 4. The number of hydrogen-bond donors (Lipinski definition) is 4. The average molecular weight is 335 g/mol. The van der Waals surface area contributed by atoms with Crippen molar-refractivity contribution in [3.05, 3.63) is 12.7 Å². The van der Waals surface area contributed by atoms with Crippen LogP contribution in [0.1, 0.15) is 31.9 Å². The summed E-state index contributed by atoms with van der Waals surface area (Å²) in [5.41, 5.74) is 1.11. The Labute approximate surface area is 138 Å². The van der Waals surface area contributed by atoms with Crippen LogP contribution in [0.25, 0.3) is 11.2 Å². The number of hydrogen-bond acceptors (Lipinski definition) is 8. The van der Waals surface area contributed by atoms with Gasteiger partial charge in [-0.1, -0.05) is 12.8 Å². The van der Waals surface area contributed by atoms with Crippen LogP contribution in [0, 0.1) is 0 Å². The maximum atomic E-state index is 10.2. The van der Waals surface area contributed by atoms with Crippen molar-refractivity contribution in [2.45, 2.75) is 56.3 Å². The van der Waals surface area contributed by atoms with Gasteiger partial charge in [-0.05, 0) is 12.8 Å². The molecule has 4 N–H and O–H groups in total. The monoisotopic (exact) mass is 335 g/mol. The van der Waals surface area contributed by atoms with Gasteiger partial charge >= 0.3 is 0 Å². The molecule has 130 valence electrons. The molecule has 0 aromatic carbocycles. The zero-order valence-corrected chi connectivity index (χ0v) is 13.1. The van der Waals surface area contributed by atoms with Gasteiger partial charge in [0.25, 0.3) is 0 Å². The van der Waals surface area contributed by atoms with E-state index in [1.165, 1.54) is 25.5 Å². The first kappa shape index (κ1) is 15.7. The molecule has 1 saturated carbocycles. The maximum absolute atomic E-state index is 10.2. The first-order valence-corrected chi connectivity index (χ1v) is 8.25. The molecule has 4 rings (SSSR count). The molecule has 2 aromatic heterocycles. The van der Waals surface area contributed by atoms with Gasteiger partial charge in [-0.25, -0.2) is 15.0 Å². The largest absolute Gasteiger partial charge is 0.394 e. The Morgan fingerprint density at radius 2 is 1.96 bits per heavy atom. The molecule has 1 unspecified atom stereocenters. The van der Waals surface area contributed by atoms with Crippen molar-refractivity contribution >= 4 is 17.0 Å². The first-order valence-electron chi connectivity index (χ1n) is 8.25. The molecule has 9 nitrogen and oxygen atoms in total. The smallest absolute Gasteiger partial charge is 0.167 e. The van der Waals surface area contributed by atoms with Gasteiger partial charge in [0.05, 0.1) is 12.9 Å². The van der Waals surface area contributed by atoms with Crippen LogP contribution in [0.4, 0.5) is 5.82 Å². The average Bonchev–Trinajstić information content (AvgIpc) is 3.30. The predicted octanol–water partition coefficient (Wildman–Crippen LogP) is -0.208. The van der Waals surface area contributed by atoms with E-state index in [9.17, 15) is 15.3 Å². The lowest BCUT2D eigenvalue weighted by atomic mass is 10.1. The number of nitrogens with zero attached hydrogens (tertiary/aromatic N) is 4. The van der Waals surface area contributed by atoms with Crippen molar-refractivity contribution in [1.29, 1.82) is 0 Å². The molecular weight excluding hydrogens is 314 g/mol. The second-order valence-electron chi connectivity index (χ2n) is 6.40. The topological polar surface area (TPSA) is 126 Å². The molecule has 2 aromatic rings. The molecule has 2 fully saturated rings. The Morgan fingerprint density at radius 1 is 1.17 bits per heavy atom. The SMILES string of the molecule is OC[C@H]1O[C@@H](n2cnc3c(NC4CCCC4)ncnc32)[C@H](O)C1O. The van der Waals surface area contributed by atoms with Crippen LogP contribution in [0.5, 0.6) is 0 Å². The maximum Gasteiger partial charge on any atom is 0.167 e. The molecule has 1 saturated heterocycles. The second-order valence-corrected chi connectivity index (χ2v) is 6.40. The molecule has 9 heteroatoms. The Kier molecular flexibility index (Phi) is 4.09. The second kappa shape index (κ2) is 6.25. The summed E-state index contributed by atoms with van der Waals surface area (Å²) < 4.78 is 7.12. The fourth-order valence-corrected chi connectivity index (χ4v) is 3.52. The van der Waals surface area contributed by atoms with Crippen molar-refractivity contribution < 1.29 is 20.1 Å². The molecule has 2 aliphatic rings. The van der Waals surface area contributed by atoms with Gasteiger partial charge in [-0.3, -0.25) is 4.57 Å². The Morgan fingerprint density at radius 3 is 2.67 bits per heavy atom. The minimum absolute atomic E-state index is 0.370. The molecule has 4 atom stereocenters. The quantitative estimate of drug-likeness (QED) is 0.605. The van der Waals surface area contributed by atoms with Gasteiger partial charge in [-0.15, -0.1) is 0 Å². The lowest BCUT2D eigenvalue weighted by Gasteiger charge is -2.17. The summed E-state index contributed by atoms with van der Waals surface area (Å²) in [7, 11) is 0. The zero-order valence-electron chi connectivity index (χ0n) is 13.1. The molecule has 0 spiro atoms. The summed E-state index contributed by atoms with van der Waals surface area (Å²) in [6.07, 6.45) is 3.60. The highest BCUT2D eigenvalue weighted by Crippen LogP contribution is 2.32. The van der Waals surface area contributed by atoms with Crippen LogP contribution >= 0.6 is 0 Å². The summed E-state index contributed by atoms with van der Waals surface area (Å²) in [6.45, 7) is -0.370. The van der Waals surface area contributed by atoms with Gasteiger partial charge in [-0.2, -0.15) is 0 Å². The van der Waals surface area contributed by atoms with Gasteiger partial charge in [0.15, 0.2) is 23.2 Å². The van der Waals surface area contributed by atoms with E-state index < -0.39 is 24.5 Å². The number of anilines is 1. The first-order chi connectivity index (χ1) is 11.7. The van der Waals surface area contributed by atoms with Crippen molar-refractivity contribution in [3.8, 4) is 0 Å². The third-order valence-corrected chi connectivity index (χ3v) is 4.85. The normalized spacial score (nSPS) is 31.1. The summed E-state index contributed by atoms with van der Waals surface area (Å²) >= 11 is 0. The lowest BCUT2D eigenvalue weighted by molar-refractivity contribution is -0.0511. The zero-order chi connectivity index (χ0) is 16.7. The summed E-state index contributed by atoms with van der Waals surface area (Å²) in [4.78, 5) is 12.9. The van der Waals surface area contributed by atoms with Crippen LogP contribution in [-0.2, 0) is 4.74 Å². The van der Waals surface area contributed by atoms with E-state index in [2.05, 4.69) is 20.3 Å². The highest BCUT2D eigenvalue weighted by molar-refractivity contribution is 5.82. The summed E-state index contributed by atoms with van der Waals surface area (Å²) in [5, 5.41) is 32.8. The van der Waals surface area contributed by atoms with E-state index >= 15 is 0 Å².